The molecular weight excluding hydrogens is 606 g/mol. The monoisotopic (exact) mass is 639 g/mol. The molecule has 1 aliphatic heterocycles. The summed E-state index contributed by atoms with van der Waals surface area (Å²) < 4.78 is 8.62. The predicted octanol–water partition coefficient (Wildman–Crippen LogP) is 6.20. The zero-order valence-electron chi connectivity index (χ0n) is 23.6. The number of halogens is 2. The van der Waals surface area contributed by atoms with Crippen molar-refractivity contribution in [2.45, 2.75) is 71.1 Å². The highest BCUT2D eigenvalue weighted by Gasteiger charge is 2.38. The lowest BCUT2D eigenvalue weighted by molar-refractivity contribution is -0.127. The standard InChI is InChI=1S/C31H35BrClN5O3/c1-31(2,3)41-30(40)38-13-9-21(17-26(38)29(39)35-10-4-12-37-14-11-34-19-37)27-25-8-7-24(33)16-20(25)5-6-22-15-23(32)18-36-28(22)27/h7-8,11,14-16,18-19,26H,4-6,9-10,12-13,17H2,1-3H3,(H,35,39). The van der Waals surface area contributed by atoms with E-state index in [0.29, 0.717) is 31.0 Å². The van der Waals surface area contributed by atoms with Crippen molar-refractivity contribution in [2.24, 2.45) is 0 Å². The normalized spacial score (nSPS) is 18.8. The van der Waals surface area contributed by atoms with Crippen LogP contribution in [0, 0.1) is 0 Å². The van der Waals surface area contributed by atoms with E-state index in [9.17, 15) is 9.59 Å². The number of piperidine rings is 1. The van der Waals surface area contributed by atoms with E-state index in [1.54, 1.807) is 17.4 Å². The number of hydrogen-bond acceptors (Lipinski definition) is 5. The highest BCUT2D eigenvalue weighted by molar-refractivity contribution is 9.10. The van der Waals surface area contributed by atoms with Gasteiger partial charge in [0.25, 0.3) is 0 Å². The maximum absolute atomic E-state index is 13.7. The second-order valence-corrected chi connectivity index (χ2v) is 12.9. The number of pyridine rings is 1. The van der Waals surface area contributed by atoms with Crippen molar-refractivity contribution in [1.82, 2.24) is 24.8 Å². The highest BCUT2D eigenvalue weighted by atomic mass is 79.9. The summed E-state index contributed by atoms with van der Waals surface area (Å²) in [6, 6.07) is 7.41. The first-order valence-electron chi connectivity index (χ1n) is 14.0. The predicted molar refractivity (Wildman–Crippen MR) is 163 cm³/mol. The average Bonchev–Trinajstić information content (AvgIpc) is 3.39. The third kappa shape index (κ3) is 7.01. The van der Waals surface area contributed by atoms with Crippen molar-refractivity contribution in [1.29, 1.82) is 0 Å². The van der Waals surface area contributed by atoms with Gasteiger partial charge >= 0.3 is 6.09 Å². The molecule has 3 heterocycles. The zero-order chi connectivity index (χ0) is 29.1. The molecule has 0 bridgehead atoms. The van der Waals surface area contributed by atoms with Crippen LogP contribution < -0.4 is 5.32 Å². The van der Waals surface area contributed by atoms with E-state index in [1.807, 2.05) is 49.9 Å². The molecule has 0 saturated carbocycles. The van der Waals surface area contributed by atoms with Gasteiger partial charge in [0.15, 0.2) is 0 Å². The molecule has 1 N–H and O–H groups in total. The maximum atomic E-state index is 13.7. The fourth-order valence-corrected chi connectivity index (χ4v) is 6.11. The molecule has 10 heteroatoms. The van der Waals surface area contributed by atoms with Crippen molar-refractivity contribution in [2.75, 3.05) is 13.1 Å². The topological polar surface area (TPSA) is 89.4 Å². The fourth-order valence-electron chi connectivity index (χ4n) is 5.53. The Bertz CT molecular complexity index is 1410. The van der Waals surface area contributed by atoms with Gasteiger partial charge in [0.2, 0.25) is 5.91 Å². The van der Waals surface area contributed by atoms with E-state index in [1.165, 1.54) is 0 Å². The minimum atomic E-state index is -0.702. The van der Waals surface area contributed by atoms with Gasteiger partial charge in [-0.15, -0.1) is 0 Å². The van der Waals surface area contributed by atoms with Gasteiger partial charge in [0.1, 0.15) is 11.6 Å². The van der Waals surface area contributed by atoms with Crippen molar-refractivity contribution in [3.63, 3.8) is 0 Å². The molecule has 1 aromatic carbocycles. The van der Waals surface area contributed by atoms with E-state index in [-0.39, 0.29) is 5.91 Å². The summed E-state index contributed by atoms with van der Waals surface area (Å²) in [5.74, 6) is -0.187. The molecule has 216 valence electrons. The summed E-state index contributed by atoms with van der Waals surface area (Å²) in [6.07, 6.45) is 10.1. The number of nitrogens with zero attached hydrogens (tertiary/aromatic N) is 4. The van der Waals surface area contributed by atoms with Crippen LogP contribution in [0.25, 0.3) is 5.57 Å². The molecule has 2 amide bonds. The number of hydrogen-bond donors (Lipinski definition) is 1. The number of carbonyl (C=O) groups excluding carboxylic acids is 2. The summed E-state index contributed by atoms with van der Waals surface area (Å²) in [7, 11) is 0. The van der Waals surface area contributed by atoms with Crippen LogP contribution in [-0.2, 0) is 28.9 Å². The average molecular weight is 641 g/mol. The van der Waals surface area contributed by atoms with E-state index in [2.05, 4.69) is 38.4 Å². The van der Waals surface area contributed by atoms with Crippen LogP contribution in [0.4, 0.5) is 4.79 Å². The van der Waals surface area contributed by atoms with E-state index in [0.717, 1.165) is 63.8 Å². The lowest BCUT2D eigenvalue weighted by atomic mass is 9.86. The third-order valence-electron chi connectivity index (χ3n) is 7.38. The first-order valence-corrected chi connectivity index (χ1v) is 15.1. The van der Waals surface area contributed by atoms with Gasteiger partial charge in [0, 0.05) is 53.3 Å². The molecule has 1 saturated heterocycles. The molecule has 5 rings (SSSR count). The number of ether oxygens (including phenoxy) is 1. The van der Waals surface area contributed by atoms with Crippen LogP contribution in [0.5, 0.6) is 0 Å². The number of aromatic nitrogens is 3. The molecule has 1 aliphatic carbocycles. The van der Waals surface area contributed by atoms with Crippen molar-refractivity contribution in [3.8, 4) is 0 Å². The second kappa shape index (κ2) is 12.4. The van der Waals surface area contributed by atoms with Gasteiger partial charge in [-0.05, 0) is 104 Å². The zero-order valence-corrected chi connectivity index (χ0v) is 26.0. The molecule has 0 spiro atoms. The third-order valence-corrected chi connectivity index (χ3v) is 8.05. The summed E-state index contributed by atoms with van der Waals surface area (Å²) in [6.45, 7) is 7.11. The molecule has 3 aromatic rings. The van der Waals surface area contributed by atoms with Gasteiger partial charge in [-0.1, -0.05) is 23.2 Å². The summed E-state index contributed by atoms with van der Waals surface area (Å²) in [5, 5.41) is 3.76. The van der Waals surface area contributed by atoms with Gasteiger partial charge in [-0.2, -0.15) is 0 Å². The lowest BCUT2D eigenvalue weighted by Gasteiger charge is -2.37. The Morgan fingerprint density at radius 3 is 2.73 bits per heavy atom. The maximum Gasteiger partial charge on any atom is 0.410 e. The number of amides is 2. The van der Waals surface area contributed by atoms with Gasteiger partial charge in [0.05, 0.1) is 12.0 Å². The summed E-state index contributed by atoms with van der Waals surface area (Å²) in [5.41, 5.74) is 5.78. The molecule has 41 heavy (non-hydrogen) atoms. The highest BCUT2D eigenvalue weighted by Crippen LogP contribution is 2.40. The number of carbonyl (C=O) groups is 2. The van der Waals surface area contributed by atoms with E-state index >= 15 is 0 Å². The Balaban J connectivity index is 1.49. The number of aryl methyl sites for hydroxylation is 3. The van der Waals surface area contributed by atoms with Crippen molar-refractivity contribution < 1.29 is 14.3 Å². The van der Waals surface area contributed by atoms with Crippen LogP contribution in [0.2, 0.25) is 5.02 Å². The molecule has 1 unspecified atom stereocenters. The second-order valence-electron chi connectivity index (χ2n) is 11.5. The molecule has 2 aliphatic rings. The molecule has 8 nitrogen and oxygen atoms in total. The first-order chi connectivity index (χ1) is 19.6. The number of likely N-dealkylation sites (tertiary alicyclic amines) is 1. The minimum absolute atomic E-state index is 0.187. The van der Waals surface area contributed by atoms with Gasteiger partial charge in [-0.3, -0.25) is 14.7 Å². The van der Waals surface area contributed by atoms with Crippen molar-refractivity contribution >= 4 is 45.1 Å². The SMILES string of the molecule is CC(C)(C)OC(=O)N1CCC(=C2c3ccc(Cl)cc3CCc3cc(Br)cnc32)CC1C(=O)NCCCn1ccnc1. The summed E-state index contributed by atoms with van der Waals surface area (Å²) in [4.78, 5) is 37.5. The first kappa shape index (κ1) is 29.3. The van der Waals surface area contributed by atoms with Crippen LogP contribution in [-0.4, -0.2) is 56.2 Å². The number of nitrogens with one attached hydrogen (secondary N) is 1. The van der Waals surface area contributed by atoms with Gasteiger partial charge in [-0.25, -0.2) is 9.78 Å². The smallest absolute Gasteiger partial charge is 0.410 e. The van der Waals surface area contributed by atoms with E-state index in [4.69, 9.17) is 21.3 Å². The molecule has 2 aromatic heterocycles. The van der Waals surface area contributed by atoms with Crippen LogP contribution in [0.3, 0.4) is 0 Å². The van der Waals surface area contributed by atoms with Crippen LogP contribution in [0.15, 0.2) is 59.2 Å². The molecule has 1 fully saturated rings. The van der Waals surface area contributed by atoms with Gasteiger partial charge < -0.3 is 14.6 Å². The largest absolute Gasteiger partial charge is 0.444 e. The van der Waals surface area contributed by atoms with Crippen LogP contribution >= 0.6 is 27.5 Å². The van der Waals surface area contributed by atoms with Crippen LogP contribution in [0.1, 0.15) is 62.4 Å². The minimum Gasteiger partial charge on any atom is -0.444 e. The fraction of sp³-hybridized carbons (Fsp3) is 0.419. The number of imidazole rings is 1. The van der Waals surface area contributed by atoms with Crippen molar-refractivity contribution in [3.05, 3.63) is 86.6 Å². The Hall–Kier alpha value is -3.17. The Kier molecular flexibility index (Phi) is 8.85. The Morgan fingerprint density at radius 2 is 1.98 bits per heavy atom. The number of fused-ring (bicyclic) bond motifs is 2. The number of benzene rings is 1. The molecular formula is C31H35BrClN5O3. The lowest BCUT2D eigenvalue weighted by Crippen LogP contribution is -2.53. The quantitative estimate of drug-likeness (QED) is 0.336. The molecule has 0 radical (unpaired) electrons. The molecule has 1 atom stereocenters. The Morgan fingerprint density at radius 1 is 1.17 bits per heavy atom. The van der Waals surface area contributed by atoms with E-state index < -0.39 is 17.7 Å². The Labute approximate surface area is 254 Å². The number of rotatable bonds is 5. The summed E-state index contributed by atoms with van der Waals surface area (Å²) >= 11 is 9.99.